The maximum absolute atomic E-state index is 12.2. The zero-order valence-electron chi connectivity index (χ0n) is 14.2. The second-order valence-electron chi connectivity index (χ2n) is 5.63. The minimum Gasteiger partial charge on any atom is -0.408 e. The number of carbonyl (C=O) groups excluding carboxylic acids is 1. The summed E-state index contributed by atoms with van der Waals surface area (Å²) in [6, 6.07) is 9.64. The van der Waals surface area contributed by atoms with Gasteiger partial charge in [-0.1, -0.05) is 23.3 Å². The van der Waals surface area contributed by atoms with E-state index in [0.29, 0.717) is 0 Å². The standard InChI is InChI=1S/C16H17N5O4S/c1-11-10-13(20-21(11)2)15(22)17-16-19-18-14(25-16)8-9-26(23,24)12-6-4-3-5-7-12/h3-7,10H,8-9H2,1-2H3,(H,17,19,22). The Labute approximate surface area is 150 Å². The van der Waals surface area contributed by atoms with Crippen molar-refractivity contribution in [1.82, 2.24) is 20.0 Å². The molecule has 0 spiro atoms. The van der Waals surface area contributed by atoms with Gasteiger partial charge in [-0.15, -0.1) is 5.10 Å². The lowest BCUT2D eigenvalue weighted by Gasteiger charge is -2.01. The molecule has 0 aliphatic heterocycles. The molecule has 2 heterocycles. The highest BCUT2D eigenvalue weighted by Gasteiger charge is 2.18. The molecule has 1 aromatic carbocycles. The lowest BCUT2D eigenvalue weighted by atomic mass is 10.3. The number of nitrogens with zero attached hydrogens (tertiary/aromatic N) is 4. The molecule has 1 amide bonds. The van der Waals surface area contributed by atoms with Crippen LogP contribution < -0.4 is 5.32 Å². The van der Waals surface area contributed by atoms with Gasteiger partial charge in [-0.25, -0.2) is 8.42 Å². The molecule has 3 aromatic rings. The second kappa shape index (κ2) is 7.08. The summed E-state index contributed by atoms with van der Waals surface area (Å²) in [5.41, 5.74) is 1.05. The summed E-state index contributed by atoms with van der Waals surface area (Å²) in [6.07, 6.45) is 0.0444. The third-order valence-corrected chi connectivity index (χ3v) is 5.45. The Bertz CT molecular complexity index is 1000. The zero-order chi connectivity index (χ0) is 18.7. The van der Waals surface area contributed by atoms with Crippen molar-refractivity contribution in [2.75, 3.05) is 11.1 Å². The second-order valence-corrected chi connectivity index (χ2v) is 7.74. The highest BCUT2D eigenvalue weighted by atomic mass is 32.2. The van der Waals surface area contributed by atoms with Crippen molar-refractivity contribution < 1.29 is 17.6 Å². The fourth-order valence-corrected chi connectivity index (χ4v) is 3.46. The molecular weight excluding hydrogens is 358 g/mol. The Morgan fingerprint density at radius 1 is 1.23 bits per heavy atom. The first-order valence-electron chi connectivity index (χ1n) is 7.77. The molecule has 0 bridgehead atoms. The van der Waals surface area contributed by atoms with Crippen molar-refractivity contribution in [2.24, 2.45) is 7.05 Å². The van der Waals surface area contributed by atoms with Crippen LogP contribution in [0.4, 0.5) is 6.01 Å². The van der Waals surface area contributed by atoms with Crippen LogP contribution in [0.3, 0.4) is 0 Å². The van der Waals surface area contributed by atoms with Crippen molar-refractivity contribution in [3.05, 3.63) is 53.7 Å². The van der Waals surface area contributed by atoms with Crippen LogP contribution >= 0.6 is 0 Å². The van der Waals surface area contributed by atoms with Gasteiger partial charge in [0.05, 0.1) is 10.6 Å². The van der Waals surface area contributed by atoms with E-state index in [1.807, 2.05) is 6.92 Å². The summed E-state index contributed by atoms with van der Waals surface area (Å²) < 4.78 is 31.3. The average Bonchev–Trinajstić information content (AvgIpc) is 3.21. The topological polar surface area (TPSA) is 120 Å². The summed E-state index contributed by atoms with van der Waals surface area (Å²) in [5, 5.41) is 14.0. The molecule has 3 rings (SSSR count). The Balaban J connectivity index is 1.62. The molecule has 0 aliphatic rings. The van der Waals surface area contributed by atoms with E-state index in [1.165, 1.54) is 12.1 Å². The van der Waals surface area contributed by atoms with Crippen molar-refractivity contribution in [2.45, 2.75) is 18.2 Å². The van der Waals surface area contributed by atoms with E-state index in [-0.39, 0.29) is 34.7 Å². The van der Waals surface area contributed by atoms with Crippen molar-refractivity contribution in [1.29, 1.82) is 0 Å². The number of carbonyl (C=O) groups is 1. The molecule has 10 heteroatoms. The predicted molar refractivity (Wildman–Crippen MR) is 92.4 cm³/mol. The summed E-state index contributed by atoms with van der Waals surface area (Å²) in [4.78, 5) is 12.3. The van der Waals surface area contributed by atoms with E-state index >= 15 is 0 Å². The minimum atomic E-state index is -3.45. The van der Waals surface area contributed by atoms with Crippen molar-refractivity contribution in [3.63, 3.8) is 0 Å². The van der Waals surface area contributed by atoms with Gasteiger partial charge in [-0.3, -0.25) is 14.8 Å². The van der Waals surface area contributed by atoms with Gasteiger partial charge in [0.2, 0.25) is 5.89 Å². The lowest BCUT2D eigenvalue weighted by molar-refractivity contribution is 0.101. The molecule has 26 heavy (non-hydrogen) atoms. The normalized spacial score (nSPS) is 11.5. The minimum absolute atomic E-state index is 0.0444. The van der Waals surface area contributed by atoms with E-state index in [4.69, 9.17) is 4.42 Å². The summed E-state index contributed by atoms with van der Waals surface area (Å²) in [6.45, 7) is 1.82. The molecule has 9 nitrogen and oxygen atoms in total. The zero-order valence-corrected chi connectivity index (χ0v) is 15.0. The molecule has 0 saturated carbocycles. The van der Waals surface area contributed by atoms with E-state index in [1.54, 1.807) is 36.0 Å². The average molecular weight is 375 g/mol. The number of rotatable bonds is 6. The fraction of sp³-hybridized carbons (Fsp3) is 0.250. The summed E-state index contributed by atoms with van der Waals surface area (Å²) in [5.74, 6) is -0.538. The smallest absolute Gasteiger partial charge is 0.322 e. The van der Waals surface area contributed by atoms with Crippen LogP contribution in [-0.4, -0.2) is 40.1 Å². The highest BCUT2D eigenvalue weighted by molar-refractivity contribution is 7.91. The van der Waals surface area contributed by atoms with Gasteiger partial charge in [0.15, 0.2) is 15.5 Å². The SMILES string of the molecule is Cc1cc(C(=O)Nc2nnc(CCS(=O)(=O)c3ccccc3)o2)nn1C. The molecule has 1 N–H and O–H groups in total. The largest absolute Gasteiger partial charge is 0.408 e. The van der Waals surface area contributed by atoms with Gasteiger partial charge in [0, 0.05) is 19.2 Å². The molecule has 0 unspecified atom stereocenters. The van der Waals surface area contributed by atoms with Gasteiger partial charge >= 0.3 is 6.01 Å². The van der Waals surface area contributed by atoms with E-state index in [2.05, 4.69) is 20.6 Å². The molecule has 136 valence electrons. The van der Waals surface area contributed by atoms with Crippen LogP contribution in [-0.2, 0) is 23.3 Å². The van der Waals surface area contributed by atoms with E-state index in [0.717, 1.165) is 5.69 Å². The molecule has 0 aliphatic carbocycles. The quantitative estimate of drug-likeness (QED) is 0.691. The van der Waals surface area contributed by atoms with Crippen LogP contribution in [0.15, 0.2) is 45.7 Å². The van der Waals surface area contributed by atoms with Crippen molar-refractivity contribution in [3.8, 4) is 0 Å². The first-order valence-corrected chi connectivity index (χ1v) is 9.42. The monoisotopic (exact) mass is 375 g/mol. The number of sulfone groups is 1. The third-order valence-electron chi connectivity index (χ3n) is 3.72. The number of benzene rings is 1. The van der Waals surface area contributed by atoms with Gasteiger partial charge < -0.3 is 4.42 Å². The summed E-state index contributed by atoms with van der Waals surface area (Å²) >= 11 is 0. The van der Waals surface area contributed by atoms with Crippen LogP contribution in [0.5, 0.6) is 0 Å². The first kappa shape index (κ1) is 17.8. The fourth-order valence-electron chi connectivity index (χ4n) is 2.21. The Hall–Kier alpha value is -3.01. The highest BCUT2D eigenvalue weighted by Crippen LogP contribution is 2.14. The Morgan fingerprint density at radius 2 is 1.96 bits per heavy atom. The van der Waals surface area contributed by atoms with E-state index in [9.17, 15) is 13.2 Å². The Morgan fingerprint density at radius 3 is 2.62 bits per heavy atom. The van der Waals surface area contributed by atoms with Crippen LogP contribution in [0.25, 0.3) is 0 Å². The predicted octanol–water partition coefficient (Wildman–Crippen LogP) is 1.38. The molecule has 0 atom stereocenters. The van der Waals surface area contributed by atoms with Crippen LogP contribution in [0, 0.1) is 6.92 Å². The lowest BCUT2D eigenvalue weighted by Crippen LogP contribution is -2.13. The molecule has 0 radical (unpaired) electrons. The van der Waals surface area contributed by atoms with Crippen molar-refractivity contribution >= 4 is 21.8 Å². The number of aromatic nitrogens is 4. The number of anilines is 1. The van der Waals surface area contributed by atoms with Gasteiger partial charge in [-0.05, 0) is 25.1 Å². The Kier molecular flexibility index (Phi) is 4.85. The van der Waals surface area contributed by atoms with Crippen LogP contribution in [0.1, 0.15) is 22.1 Å². The maximum Gasteiger partial charge on any atom is 0.322 e. The number of hydrogen-bond donors (Lipinski definition) is 1. The number of aryl methyl sites for hydroxylation is 3. The number of nitrogens with one attached hydrogen (secondary N) is 1. The number of hydrogen-bond acceptors (Lipinski definition) is 7. The van der Waals surface area contributed by atoms with Gasteiger partial charge in [0.1, 0.15) is 0 Å². The number of amides is 1. The molecule has 0 saturated heterocycles. The van der Waals surface area contributed by atoms with Crippen LogP contribution in [0.2, 0.25) is 0 Å². The molecule has 2 aromatic heterocycles. The van der Waals surface area contributed by atoms with Gasteiger partial charge in [-0.2, -0.15) is 5.10 Å². The molecular formula is C16H17N5O4S. The summed E-state index contributed by atoms with van der Waals surface area (Å²) in [7, 11) is -1.72. The van der Waals surface area contributed by atoms with E-state index < -0.39 is 15.7 Å². The maximum atomic E-state index is 12.2. The third kappa shape index (κ3) is 3.97. The first-order chi connectivity index (χ1) is 12.3. The van der Waals surface area contributed by atoms with Gasteiger partial charge in [0.25, 0.3) is 5.91 Å². The molecule has 0 fully saturated rings.